The Bertz CT molecular complexity index is 926. The van der Waals surface area contributed by atoms with Crippen molar-refractivity contribution in [2.45, 2.75) is 6.54 Å². The minimum Gasteiger partial charge on any atom is -0.504 e. The Morgan fingerprint density at radius 3 is 2.76 bits per heavy atom. The molecule has 0 aliphatic carbocycles. The highest BCUT2D eigenvalue weighted by atomic mass is 16.6. The second kappa shape index (κ2) is 6.96. The number of amides is 1. The number of hydrogen-bond acceptors (Lipinski definition) is 6. The Morgan fingerprint density at radius 2 is 1.96 bits per heavy atom. The van der Waals surface area contributed by atoms with E-state index in [9.17, 15) is 15.0 Å². The fourth-order valence-electron chi connectivity index (χ4n) is 2.41. The predicted molar refractivity (Wildman–Crippen MR) is 90.9 cm³/mol. The van der Waals surface area contributed by atoms with Gasteiger partial charge >= 0.3 is 6.09 Å². The Kier molecular flexibility index (Phi) is 4.56. The number of para-hydroxylation sites is 1. The van der Waals surface area contributed by atoms with E-state index in [4.69, 9.17) is 9.47 Å². The van der Waals surface area contributed by atoms with E-state index in [-0.39, 0.29) is 12.3 Å². The number of nitrogens with one attached hydrogen (secondary N) is 1. The van der Waals surface area contributed by atoms with E-state index in [1.165, 1.54) is 18.5 Å². The van der Waals surface area contributed by atoms with E-state index in [2.05, 4.69) is 10.3 Å². The number of pyridine rings is 1. The standard InChI is InChI=1S/C18H16N2O5/c1-24-14-5-3-2-4-12(14)9-20-18(23)25-15-8-11-6-7-19-10-13(11)16(21)17(15)22/h2-8,10,21-22H,9H2,1H3,(H,20,23). The van der Waals surface area contributed by atoms with Crippen LogP contribution >= 0.6 is 0 Å². The molecule has 2 aromatic carbocycles. The third kappa shape index (κ3) is 3.40. The third-order valence-electron chi connectivity index (χ3n) is 3.67. The molecule has 0 fully saturated rings. The average molecular weight is 340 g/mol. The zero-order valence-electron chi connectivity index (χ0n) is 13.4. The summed E-state index contributed by atoms with van der Waals surface area (Å²) >= 11 is 0. The van der Waals surface area contributed by atoms with Gasteiger partial charge in [0.2, 0.25) is 5.75 Å². The molecule has 0 unspecified atom stereocenters. The summed E-state index contributed by atoms with van der Waals surface area (Å²) in [7, 11) is 1.54. The van der Waals surface area contributed by atoms with Crippen molar-refractivity contribution < 1.29 is 24.5 Å². The Morgan fingerprint density at radius 1 is 1.16 bits per heavy atom. The van der Waals surface area contributed by atoms with Gasteiger partial charge < -0.3 is 25.0 Å². The van der Waals surface area contributed by atoms with Gasteiger partial charge in [-0.05, 0) is 23.6 Å². The maximum Gasteiger partial charge on any atom is 0.413 e. The molecule has 3 aromatic rings. The lowest BCUT2D eigenvalue weighted by atomic mass is 10.1. The number of aromatic nitrogens is 1. The summed E-state index contributed by atoms with van der Waals surface area (Å²) in [5.74, 6) is -0.415. The molecular weight excluding hydrogens is 324 g/mol. The highest BCUT2D eigenvalue weighted by molar-refractivity contribution is 5.92. The Hall–Kier alpha value is -3.48. The van der Waals surface area contributed by atoms with Gasteiger partial charge in [0.1, 0.15) is 5.75 Å². The van der Waals surface area contributed by atoms with Crippen LogP contribution < -0.4 is 14.8 Å². The summed E-state index contributed by atoms with van der Waals surface area (Å²) in [5.41, 5.74) is 0.776. The van der Waals surface area contributed by atoms with Crippen LogP contribution in [0.5, 0.6) is 23.0 Å². The lowest BCUT2D eigenvalue weighted by Gasteiger charge is -2.12. The number of rotatable bonds is 4. The number of benzene rings is 2. The molecule has 1 amide bonds. The van der Waals surface area contributed by atoms with Crippen molar-refractivity contribution >= 4 is 16.9 Å². The first kappa shape index (κ1) is 16.4. The third-order valence-corrected chi connectivity index (χ3v) is 3.67. The number of methoxy groups -OCH3 is 1. The van der Waals surface area contributed by atoms with E-state index in [0.29, 0.717) is 16.5 Å². The number of hydrogen-bond donors (Lipinski definition) is 3. The molecule has 128 valence electrons. The van der Waals surface area contributed by atoms with Crippen molar-refractivity contribution in [2.24, 2.45) is 0 Å². The van der Waals surface area contributed by atoms with Crippen molar-refractivity contribution in [3.05, 3.63) is 54.4 Å². The summed E-state index contributed by atoms with van der Waals surface area (Å²) < 4.78 is 10.3. The van der Waals surface area contributed by atoms with Crippen LogP contribution in [0.4, 0.5) is 4.79 Å². The first-order valence-corrected chi connectivity index (χ1v) is 7.46. The van der Waals surface area contributed by atoms with E-state index in [1.807, 2.05) is 18.2 Å². The molecule has 0 radical (unpaired) electrons. The molecule has 3 N–H and O–H groups in total. The zero-order valence-corrected chi connectivity index (χ0v) is 13.4. The summed E-state index contributed by atoms with van der Waals surface area (Å²) in [6.45, 7) is 0.188. The van der Waals surface area contributed by atoms with Crippen molar-refractivity contribution in [2.75, 3.05) is 7.11 Å². The molecular formula is C18H16N2O5. The molecule has 0 atom stereocenters. The molecule has 3 rings (SSSR count). The molecule has 7 heteroatoms. The van der Waals surface area contributed by atoms with E-state index in [1.54, 1.807) is 19.2 Å². The number of phenols is 2. The number of carbonyl (C=O) groups is 1. The molecule has 1 aromatic heterocycles. The Balaban J connectivity index is 1.75. The monoisotopic (exact) mass is 340 g/mol. The van der Waals surface area contributed by atoms with Gasteiger partial charge in [-0.1, -0.05) is 18.2 Å². The number of fused-ring (bicyclic) bond motifs is 1. The second-order valence-corrected chi connectivity index (χ2v) is 5.22. The van der Waals surface area contributed by atoms with Gasteiger partial charge in [-0.25, -0.2) is 4.79 Å². The molecule has 0 bridgehead atoms. The first-order chi connectivity index (χ1) is 12.1. The Labute approximate surface area is 143 Å². The number of nitrogens with zero attached hydrogens (tertiary/aromatic N) is 1. The van der Waals surface area contributed by atoms with Crippen LogP contribution in [0.2, 0.25) is 0 Å². The molecule has 0 aliphatic heterocycles. The second-order valence-electron chi connectivity index (χ2n) is 5.22. The lowest BCUT2D eigenvalue weighted by Crippen LogP contribution is -2.26. The van der Waals surface area contributed by atoms with Crippen LogP contribution in [0, 0.1) is 0 Å². The van der Waals surface area contributed by atoms with E-state index < -0.39 is 17.6 Å². The van der Waals surface area contributed by atoms with Gasteiger partial charge in [0.15, 0.2) is 11.5 Å². The maximum atomic E-state index is 12.0. The van der Waals surface area contributed by atoms with Crippen molar-refractivity contribution in [3.63, 3.8) is 0 Å². The zero-order chi connectivity index (χ0) is 17.8. The molecule has 25 heavy (non-hydrogen) atoms. The highest BCUT2D eigenvalue weighted by Crippen LogP contribution is 2.41. The van der Waals surface area contributed by atoms with Crippen LogP contribution in [-0.2, 0) is 6.54 Å². The van der Waals surface area contributed by atoms with Crippen molar-refractivity contribution in [1.82, 2.24) is 10.3 Å². The number of ether oxygens (including phenoxy) is 2. The molecule has 0 spiro atoms. The largest absolute Gasteiger partial charge is 0.504 e. The average Bonchev–Trinajstić information content (AvgIpc) is 2.64. The van der Waals surface area contributed by atoms with Gasteiger partial charge in [0.05, 0.1) is 7.11 Å². The number of aromatic hydroxyl groups is 2. The van der Waals surface area contributed by atoms with E-state index in [0.717, 1.165) is 5.56 Å². The summed E-state index contributed by atoms with van der Waals surface area (Å²) in [6.07, 6.45) is 2.18. The molecule has 7 nitrogen and oxygen atoms in total. The molecule has 0 saturated carbocycles. The van der Waals surface area contributed by atoms with Crippen molar-refractivity contribution in [3.8, 4) is 23.0 Å². The highest BCUT2D eigenvalue weighted by Gasteiger charge is 2.16. The van der Waals surface area contributed by atoms with E-state index >= 15 is 0 Å². The molecule has 1 heterocycles. The van der Waals surface area contributed by atoms with Crippen LogP contribution in [0.3, 0.4) is 0 Å². The summed E-state index contributed by atoms with van der Waals surface area (Å²) in [4.78, 5) is 15.9. The fraction of sp³-hybridized carbons (Fsp3) is 0.111. The summed E-state index contributed by atoms with van der Waals surface area (Å²) in [5, 5.41) is 23.5. The van der Waals surface area contributed by atoms with Gasteiger partial charge in [-0.2, -0.15) is 0 Å². The quantitative estimate of drug-likeness (QED) is 0.631. The normalized spacial score (nSPS) is 10.4. The topological polar surface area (TPSA) is 101 Å². The van der Waals surface area contributed by atoms with Gasteiger partial charge in [0, 0.05) is 29.9 Å². The van der Waals surface area contributed by atoms with Crippen LogP contribution in [-0.4, -0.2) is 28.4 Å². The SMILES string of the molecule is COc1ccccc1CNC(=O)Oc1cc2ccncc2c(O)c1O. The number of phenolic OH excluding ortho intramolecular Hbond substituents is 2. The van der Waals surface area contributed by atoms with Crippen LogP contribution in [0.15, 0.2) is 48.8 Å². The number of carbonyl (C=O) groups excluding carboxylic acids is 1. The van der Waals surface area contributed by atoms with Crippen LogP contribution in [0.1, 0.15) is 5.56 Å². The smallest absolute Gasteiger partial charge is 0.413 e. The molecule has 0 saturated heterocycles. The van der Waals surface area contributed by atoms with Gasteiger partial charge in [0.25, 0.3) is 0 Å². The minimum atomic E-state index is -0.769. The van der Waals surface area contributed by atoms with Gasteiger partial charge in [-0.3, -0.25) is 4.98 Å². The van der Waals surface area contributed by atoms with Crippen LogP contribution in [0.25, 0.3) is 10.8 Å². The maximum absolute atomic E-state index is 12.0. The minimum absolute atomic E-state index is 0.145. The molecule has 0 aliphatic rings. The first-order valence-electron chi connectivity index (χ1n) is 7.46. The van der Waals surface area contributed by atoms with Gasteiger partial charge in [-0.15, -0.1) is 0 Å². The van der Waals surface area contributed by atoms with Crippen molar-refractivity contribution in [1.29, 1.82) is 0 Å². The lowest BCUT2D eigenvalue weighted by molar-refractivity contribution is 0.197. The summed E-state index contributed by atoms with van der Waals surface area (Å²) in [6, 6.07) is 10.3. The predicted octanol–water partition coefficient (Wildman–Crippen LogP) is 2.94. The fourth-order valence-corrected chi connectivity index (χ4v) is 2.41.